The van der Waals surface area contributed by atoms with E-state index in [0.29, 0.717) is 12.1 Å². The first kappa shape index (κ1) is 16.6. The maximum absolute atomic E-state index is 12.8. The van der Waals surface area contributed by atoms with Crippen LogP contribution in [-0.4, -0.2) is 28.9 Å². The van der Waals surface area contributed by atoms with E-state index >= 15 is 0 Å². The summed E-state index contributed by atoms with van der Waals surface area (Å²) >= 11 is 0. The van der Waals surface area contributed by atoms with Crippen molar-refractivity contribution in [3.8, 4) is 0 Å². The second kappa shape index (κ2) is 6.86. The minimum absolute atomic E-state index is 0.0460. The number of carbonyl (C=O) groups is 1. The van der Waals surface area contributed by atoms with Crippen molar-refractivity contribution in [2.75, 3.05) is 0 Å². The minimum atomic E-state index is 0.0460. The van der Waals surface area contributed by atoms with Gasteiger partial charge in [-0.2, -0.15) is 0 Å². The highest BCUT2D eigenvalue weighted by molar-refractivity contribution is 5.98. The molecule has 2 saturated heterocycles. The van der Waals surface area contributed by atoms with Gasteiger partial charge in [0.25, 0.3) is 5.91 Å². The maximum Gasteiger partial charge on any atom is 0.251 e. The Hall–Kier alpha value is -2.59. The van der Waals surface area contributed by atoms with Crippen molar-refractivity contribution < 1.29 is 9.21 Å². The van der Waals surface area contributed by atoms with Crippen LogP contribution < -0.4 is 5.32 Å². The number of amides is 1. The molecule has 3 aromatic rings. The van der Waals surface area contributed by atoms with E-state index in [0.717, 1.165) is 36.1 Å². The average molecular weight is 360 g/mol. The van der Waals surface area contributed by atoms with Gasteiger partial charge in [-0.25, -0.2) is 0 Å². The highest BCUT2D eigenvalue weighted by atomic mass is 16.3. The molecular formula is C23H24N2O2. The van der Waals surface area contributed by atoms with Crippen LogP contribution in [-0.2, 0) is 6.54 Å². The van der Waals surface area contributed by atoms with Gasteiger partial charge < -0.3 is 9.73 Å². The number of fused-ring (bicyclic) bond motifs is 3. The van der Waals surface area contributed by atoms with Crippen molar-refractivity contribution in [3.63, 3.8) is 0 Å². The Morgan fingerprint density at radius 3 is 2.52 bits per heavy atom. The predicted molar refractivity (Wildman–Crippen MR) is 105 cm³/mol. The van der Waals surface area contributed by atoms with E-state index in [9.17, 15) is 4.79 Å². The first-order valence-electron chi connectivity index (χ1n) is 9.84. The molecule has 138 valence electrons. The van der Waals surface area contributed by atoms with Crippen LogP contribution in [0.5, 0.6) is 0 Å². The van der Waals surface area contributed by atoms with Crippen molar-refractivity contribution in [1.82, 2.24) is 10.2 Å². The maximum atomic E-state index is 12.8. The molecule has 5 rings (SSSR count). The molecule has 2 aliphatic rings. The van der Waals surface area contributed by atoms with E-state index < -0.39 is 0 Å². The Morgan fingerprint density at radius 1 is 1.00 bits per heavy atom. The minimum Gasteiger partial charge on any atom is -0.468 e. The van der Waals surface area contributed by atoms with E-state index in [1.54, 1.807) is 6.26 Å². The van der Waals surface area contributed by atoms with Crippen LogP contribution in [0.1, 0.15) is 41.8 Å². The number of hydrogen-bond donors (Lipinski definition) is 1. The van der Waals surface area contributed by atoms with E-state index in [-0.39, 0.29) is 11.9 Å². The standard InChI is InChI=1S/C23H24N2O2/c26-23(18-8-7-16-4-1-2-5-17(16)12-18)24-19-13-20-9-10-21(14-19)25(20)15-22-6-3-11-27-22/h1-8,11-12,19-21H,9-10,13-15H2,(H,24,26)/t19?,20-,21+. The summed E-state index contributed by atoms with van der Waals surface area (Å²) in [5, 5.41) is 5.57. The summed E-state index contributed by atoms with van der Waals surface area (Å²) < 4.78 is 5.53. The Kier molecular flexibility index (Phi) is 4.21. The number of nitrogens with one attached hydrogen (secondary N) is 1. The van der Waals surface area contributed by atoms with E-state index in [4.69, 9.17) is 4.42 Å². The zero-order valence-electron chi connectivity index (χ0n) is 15.3. The lowest BCUT2D eigenvalue weighted by Gasteiger charge is -2.38. The lowest BCUT2D eigenvalue weighted by atomic mass is 9.96. The zero-order valence-corrected chi connectivity index (χ0v) is 15.3. The zero-order chi connectivity index (χ0) is 18.2. The van der Waals surface area contributed by atoms with Gasteiger partial charge in [-0.15, -0.1) is 0 Å². The second-order valence-corrected chi connectivity index (χ2v) is 7.84. The van der Waals surface area contributed by atoms with Crippen molar-refractivity contribution in [2.24, 2.45) is 0 Å². The molecule has 0 radical (unpaired) electrons. The highest BCUT2D eigenvalue weighted by Crippen LogP contribution is 2.37. The largest absolute Gasteiger partial charge is 0.468 e. The number of nitrogens with zero attached hydrogens (tertiary/aromatic N) is 1. The quantitative estimate of drug-likeness (QED) is 0.752. The summed E-state index contributed by atoms with van der Waals surface area (Å²) in [4.78, 5) is 15.4. The topological polar surface area (TPSA) is 45.5 Å². The summed E-state index contributed by atoms with van der Waals surface area (Å²) in [6.07, 6.45) is 6.22. The van der Waals surface area contributed by atoms with Gasteiger partial charge in [0, 0.05) is 23.7 Å². The Morgan fingerprint density at radius 2 is 1.78 bits per heavy atom. The smallest absolute Gasteiger partial charge is 0.251 e. The number of piperidine rings is 1. The third-order valence-electron chi connectivity index (χ3n) is 6.15. The van der Waals surface area contributed by atoms with Crippen molar-refractivity contribution in [1.29, 1.82) is 0 Å². The van der Waals surface area contributed by atoms with Crippen LogP contribution in [0.4, 0.5) is 0 Å². The molecule has 2 fully saturated rings. The summed E-state index contributed by atoms with van der Waals surface area (Å²) in [6, 6.07) is 19.4. The Bertz CT molecular complexity index is 936. The highest BCUT2D eigenvalue weighted by Gasteiger charge is 2.41. The summed E-state index contributed by atoms with van der Waals surface area (Å²) in [5.74, 6) is 1.08. The molecule has 2 aliphatic heterocycles. The molecule has 27 heavy (non-hydrogen) atoms. The van der Waals surface area contributed by atoms with Gasteiger partial charge in [0.2, 0.25) is 0 Å². The number of rotatable bonds is 4. The fourth-order valence-corrected chi connectivity index (χ4v) is 4.83. The third-order valence-corrected chi connectivity index (χ3v) is 6.15. The van der Waals surface area contributed by atoms with Crippen LogP contribution in [0.25, 0.3) is 10.8 Å². The molecule has 0 aliphatic carbocycles. The van der Waals surface area contributed by atoms with Crippen LogP contribution in [0, 0.1) is 0 Å². The predicted octanol–water partition coefficient (Wildman–Crippen LogP) is 4.36. The van der Waals surface area contributed by atoms with Crippen LogP contribution in [0.3, 0.4) is 0 Å². The molecule has 1 aromatic heterocycles. The lowest BCUT2D eigenvalue weighted by Crippen LogP contribution is -2.49. The van der Waals surface area contributed by atoms with Gasteiger partial charge in [-0.05, 0) is 60.7 Å². The first-order valence-corrected chi connectivity index (χ1v) is 9.84. The molecule has 2 bridgehead atoms. The number of hydrogen-bond acceptors (Lipinski definition) is 3. The van der Waals surface area contributed by atoms with Crippen LogP contribution >= 0.6 is 0 Å². The van der Waals surface area contributed by atoms with Gasteiger partial charge in [0.15, 0.2) is 0 Å². The summed E-state index contributed by atoms with van der Waals surface area (Å²) in [6.45, 7) is 0.883. The first-order chi connectivity index (χ1) is 13.3. The molecule has 4 nitrogen and oxygen atoms in total. The van der Waals surface area contributed by atoms with Gasteiger partial charge in [0.05, 0.1) is 12.8 Å². The van der Waals surface area contributed by atoms with Crippen molar-refractivity contribution in [2.45, 2.75) is 50.4 Å². The molecule has 0 spiro atoms. The summed E-state index contributed by atoms with van der Waals surface area (Å²) in [7, 11) is 0. The van der Waals surface area contributed by atoms with Crippen molar-refractivity contribution in [3.05, 3.63) is 72.2 Å². The fraction of sp³-hybridized carbons (Fsp3) is 0.348. The molecule has 3 heterocycles. The lowest BCUT2D eigenvalue weighted by molar-refractivity contribution is 0.0806. The van der Waals surface area contributed by atoms with Crippen LogP contribution in [0.15, 0.2) is 65.3 Å². The van der Waals surface area contributed by atoms with E-state index in [1.165, 1.54) is 18.2 Å². The van der Waals surface area contributed by atoms with Crippen LogP contribution in [0.2, 0.25) is 0 Å². The van der Waals surface area contributed by atoms with Gasteiger partial charge >= 0.3 is 0 Å². The SMILES string of the molecule is O=C(NC1C[C@H]2CC[C@@H](C1)N2Cc1ccco1)c1ccc2ccccc2c1. The Balaban J connectivity index is 1.26. The molecule has 1 N–H and O–H groups in total. The second-order valence-electron chi connectivity index (χ2n) is 7.84. The summed E-state index contributed by atoms with van der Waals surface area (Å²) in [5.41, 5.74) is 0.749. The third kappa shape index (κ3) is 3.26. The normalized spacial score (nSPS) is 25.0. The number of furan rings is 1. The van der Waals surface area contributed by atoms with Gasteiger partial charge in [0.1, 0.15) is 5.76 Å². The van der Waals surface area contributed by atoms with Gasteiger partial charge in [-0.3, -0.25) is 9.69 Å². The molecule has 1 unspecified atom stereocenters. The molecular weight excluding hydrogens is 336 g/mol. The number of carbonyl (C=O) groups excluding carboxylic acids is 1. The molecule has 3 atom stereocenters. The van der Waals surface area contributed by atoms with Crippen molar-refractivity contribution >= 4 is 16.7 Å². The molecule has 1 amide bonds. The molecule has 0 saturated carbocycles. The van der Waals surface area contributed by atoms with E-state index in [1.807, 2.05) is 42.5 Å². The molecule has 4 heteroatoms. The van der Waals surface area contributed by atoms with E-state index in [2.05, 4.69) is 22.3 Å². The van der Waals surface area contributed by atoms with Gasteiger partial charge in [-0.1, -0.05) is 30.3 Å². The fourth-order valence-electron chi connectivity index (χ4n) is 4.83. The monoisotopic (exact) mass is 360 g/mol. The average Bonchev–Trinajstić information content (AvgIpc) is 3.28. The Labute approximate surface area is 159 Å². The molecule has 2 aromatic carbocycles. The number of benzene rings is 2.